The van der Waals surface area contributed by atoms with Gasteiger partial charge in [0.05, 0.1) is 19.1 Å². The minimum atomic E-state index is -3.99. The third-order valence-corrected chi connectivity index (χ3v) is 5.43. The van der Waals surface area contributed by atoms with E-state index in [1.165, 1.54) is 24.3 Å². The lowest BCUT2D eigenvalue weighted by Crippen LogP contribution is -2.36. The lowest BCUT2D eigenvalue weighted by atomic mass is 10.0. The summed E-state index contributed by atoms with van der Waals surface area (Å²) in [5.74, 6) is -0.391. The van der Waals surface area contributed by atoms with Gasteiger partial charge in [-0.3, -0.25) is 4.79 Å². The van der Waals surface area contributed by atoms with E-state index in [4.69, 9.17) is 13.7 Å². The fraction of sp³-hybridized carbons (Fsp3) is 0.391. The fourth-order valence-corrected chi connectivity index (χ4v) is 3.65. The van der Waals surface area contributed by atoms with Crippen LogP contribution < -0.4 is 9.50 Å². The lowest BCUT2D eigenvalue weighted by molar-refractivity contribution is -0.143. The van der Waals surface area contributed by atoms with Gasteiger partial charge in [-0.2, -0.15) is 8.42 Å². The molecule has 0 saturated carbocycles. The number of rotatable bonds is 8. The largest absolute Gasteiger partial charge is 0.466 e. The Kier molecular flexibility index (Phi) is 8.26. The molecule has 2 rings (SSSR count). The van der Waals surface area contributed by atoms with Gasteiger partial charge >= 0.3 is 22.2 Å². The first-order valence-electron chi connectivity index (χ1n) is 10.2. The van der Waals surface area contributed by atoms with Crippen LogP contribution in [0.3, 0.4) is 0 Å². The van der Waals surface area contributed by atoms with Crippen molar-refractivity contribution in [3.63, 3.8) is 0 Å². The Morgan fingerprint density at radius 1 is 1.00 bits per heavy atom. The van der Waals surface area contributed by atoms with Crippen LogP contribution in [0.15, 0.2) is 53.4 Å². The predicted octanol–water partition coefficient (Wildman–Crippen LogP) is 4.28. The first-order valence-corrected chi connectivity index (χ1v) is 11.6. The number of alkyl carbamates (subject to hydrolysis) is 1. The van der Waals surface area contributed by atoms with Gasteiger partial charge in [-0.25, -0.2) is 4.79 Å². The van der Waals surface area contributed by atoms with Crippen LogP contribution >= 0.6 is 0 Å². The number of aryl methyl sites for hydroxylation is 1. The van der Waals surface area contributed by atoms with E-state index in [1.54, 1.807) is 52.0 Å². The first-order chi connectivity index (χ1) is 14.9. The fourth-order valence-electron chi connectivity index (χ4n) is 2.72. The standard InChI is InChI=1S/C23H29NO7S/c1-6-29-21(25)15-20(24-22(26)30-23(3,4)5)17-9-11-18(12-10-17)31-32(27,28)19-13-7-16(2)8-14-19/h7-14,20H,6,15H2,1-5H3,(H,24,26). The molecular weight excluding hydrogens is 434 g/mol. The number of hydrogen-bond donors (Lipinski definition) is 1. The number of nitrogens with one attached hydrogen (secondary N) is 1. The Hall–Kier alpha value is -3.07. The molecular formula is C23H29NO7S. The highest BCUT2D eigenvalue weighted by molar-refractivity contribution is 7.87. The minimum absolute atomic E-state index is 0.0407. The summed E-state index contributed by atoms with van der Waals surface area (Å²) in [6.07, 6.45) is -0.802. The van der Waals surface area contributed by atoms with E-state index in [0.29, 0.717) is 5.56 Å². The Labute approximate surface area is 189 Å². The summed E-state index contributed by atoms with van der Waals surface area (Å²) in [5.41, 5.74) is 0.781. The molecule has 0 aliphatic carbocycles. The quantitative estimate of drug-likeness (QED) is 0.460. The smallest absolute Gasteiger partial charge is 0.408 e. The molecule has 2 aromatic carbocycles. The van der Waals surface area contributed by atoms with Gasteiger partial charge in [0, 0.05) is 0 Å². The van der Waals surface area contributed by atoms with Crippen LogP contribution in [0.5, 0.6) is 5.75 Å². The van der Waals surface area contributed by atoms with Gasteiger partial charge in [0.15, 0.2) is 0 Å². The molecule has 0 saturated heterocycles. The second-order valence-corrected chi connectivity index (χ2v) is 9.67. The third-order valence-electron chi connectivity index (χ3n) is 4.17. The van der Waals surface area contributed by atoms with Crippen LogP contribution in [0.25, 0.3) is 0 Å². The molecule has 1 atom stereocenters. The number of amides is 1. The summed E-state index contributed by atoms with van der Waals surface area (Å²) in [4.78, 5) is 24.3. The summed E-state index contributed by atoms with van der Waals surface area (Å²) in [6.45, 7) is 8.94. The van der Waals surface area contributed by atoms with Gasteiger partial charge in [0.2, 0.25) is 0 Å². The zero-order chi connectivity index (χ0) is 23.9. The molecule has 1 amide bonds. The monoisotopic (exact) mass is 463 g/mol. The van der Waals surface area contributed by atoms with Crippen LogP contribution in [0.1, 0.15) is 51.3 Å². The number of carbonyl (C=O) groups is 2. The Morgan fingerprint density at radius 2 is 1.59 bits per heavy atom. The highest BCUT2D eigenvalue weighted by Crippen LogP contribution is 2.24. The molecule has 32 heavy (non-hydrogen) atoms. The molecule has 2 aromatic rings. The molecule has 0 heterocycles. The van der Waals surface area contributed by atoms with E-state index in [0.717, 1.165) is 5.56 Å². The van der Waals surface area contributed by atoms with E-state index in [1.807, 2.05) is 6.92 Å². The van der Waals surface area contributed by atoms with Crippen molar-refractivity contribution in [2.24, 2.45) is 0 Å². The molecule has 1 unspecified atom stereocenters. The van der Waals surface area contributed by atoms with Gasteiger partial charge in [-0.05, 0) is 64.4 Å². The maximum Gasteiger partial charge on any atom is 0.408 e. The van der Waals surface area contributed by atoms with Gasteiger partial charge in [-0.15, -0.1) is 0 Å². The SMILES string of the molecule is CCOC(=O)CC(NC(=O)OC(C)(C)C)c1ccc(OS(=O)(=O)c2ccc(C)cc2)cc1. The Bertz CT molecular complexity index is 1020. The highest BCUT2D eigenvalue weighted by Gasteiger charge is 2.24. The van der Waals surface area contributed by atoms with Crippen LogP contribution in [0.4, 0.5) is 4.79 Å². The molecule has 8 nitrogen and oxygen atoms in total. The van der Waals surface area contributed by atoms with Crippen LogP contribution in [-0.4, -0.2) is 32.7 Å². The van der Waals surface area contributed by atoms with Gasteiger partial charge in [0.1, 0.15) is 16.2 Å². The molecule has 0 aromatic heterocycles. The van der Waals surface area contributed by atoms with Crippen molar-refractivity contribution in [3.8, 4) is 5.75 Å². The number of ether oxygens (including phenoxy) is 2. The Morgan fingerprint density at radius 3 is 2.12 bits per heavy atom. The Balaban J connectivity index is 2.19. The lowest BCUT2D eigenvalue weighted by Gasteiger charge is -2.23. The molecule has 1 N–H and O–H groups in total. The summed E-state index contributed by atoms with van der Waals surface area (Å²) in [5, 5.41) is 2.66. The predicted molar refractivity (Wildman–Crippen MR) is 119 cm³/mol. The van der Waals surface area contributed by atoms with Crippen molar-refractivity contribution in [3.05, 3.63) is 59.7 Å². The zero-order valence-corrected chi connectivity index (χ0v) is 19.7. The van der Waals surface area contributed by atoms with Crippen molar-refractivity contribution >= 4 is 22.2 Å². The highest BCUT2D eigenvalue weighted by atomic mass is 32.2. The molecule has 174 valence electrons. The number of carbonyl (C=O) groups excluding carboxylic acids is 2. The normalized spacial score (nSPS) is 12.5. The van der Waals surface area contributed by atoms with Crippen molar-refractivity contribution in [1.82, 2.24) is 5.32 Å². The van der Waals surface area contributed by atoms with Gasteiger partial charge < -0.3 is 19.0 Å². The second kappa shape index (κ2) is 10.5. The molecule has 0 aliphatic rings. The molecule has 9 heteroatoms. The maximum atomic E-state index is 12.5. The van der Waals surface area contributed by atoms with Crippen molar-refractivity contribution in [2.45, 2.75) is 57.6 Å². The van der Waals surface area contributed by atoms with Gasteiger partial charge in [0.25, 0.3) is 0 Å². The third kappa shape index (κ3) is 7.88. The number of benzene rings is 2. The van der Waals surface area contributed by atoms with E-state index in [9.17, 15) is 18.0 Å². The van der Waals surface area contributed by atoms with E-state index < -0.39 is 33.8 Å². The van der Waals surface area contributed by atoms with Crippen molar-refractivity contribution in [2.75, 3.05) is 6.61 Å². The van der Waals surface area contributed by atoms with E-state index in [2.05, 4.69) is 5.32 Å². The molecule has 0 bridgehead atoms. The van der Waals surface area contributed by atoms with Crippen LogP contribution in [0.2, 0.25) is 0 Å². The first kappa shape index (κ1) is 25.2. The molecule has 0 fully saturated rings. The number of hydrogen-bond acceptors (Lipinski definition) is 7. The summed E-state index contributed by atoms with van der Waals surface area (Å²) in [6, 6.07) is 11.6. The maximum absolute atomic E-state index is 12.5. The van der Waals surface area contributed by atoms with E-state index >= 15 is 0 Å². The topological polar surface area (TPSA) is 108 Å². The van der Waals surface area contributed by atoms with Gasteiger partial charge in [-0.1, -0.05) is 29.8 Å². The van der Waals surface area contributed by atoms with Crippen molar-refractivity contribution < 1.29 is 31.7 Å². The van der Waals surface area contributed by atoms with Crippen molar-refractivity contribution in [1.29, 1.82) is 0 Å². The number of esters is 1. The zero-order valence-electron chi connectivity index (χ0n) is 18.9. The average molecular weight is 464 g/mol. The molecule has 0 aliphatic heterocycles. The van der Waals surface area contributed by atoms with Crippen LogP contribution in [-0.2, 0) is 24.4 Å². The minimum Gasteiger partial charge on any atom is -0.466 e. The van der Waals surface area contributed by atoms with E-state index in [-0.39, 0.29) is 23.7 Å². The molecule has 0 spiro atoms. The second-order valence-electron chi connectivity index (χ2n) is 8.13. The summed E-state index contributed by atoms with van der Waals surface area (Å²) < 4.78 is 40.4. The van der Waals surface area contributed by atoms with Crippen LogP contribution in [0, 0.1) is 6.92 Å². The average Bonchev–Trinajstić information content (AvgIpc) is 2.67. The summed E-state index contributed by atoms with van der Waals surface area (Å²) in [7, 11) is -3.99. The summed E-state index contributed by atoms with van der Waals surface area (Å²) >= 11 is 0. The molecule has 0 radical (unpaired) electrons.